The molecular formula is C17H14N2O2. The molecule has 0 radical (unpaired) electrons. The molecule has 1 heterocycles. The second kappa shape index (κ2) is 5.25. The summed E-state index contributed by atoms with van der Waals surface area (Å²) >= 11 is 0. The summed E-state index contributed by atoms with van der Waals surface area (Å²) < 4.78 is 1.81. The van der Waals surface area contributed by atoms with E-state index in [1.807, 2.05) is 37.4 Å². The van der Waals surface area contributed by atoms with Gasteiger partial charge in [-0.15, -0.1) is 0 Å². The van der Waals surface area contributed by atoms with E-state index in [0.717, 1.165) is 16.8 Å². The number of aryl methyl sites for hydroxylation is 1. The Morgan fingerprint density at radius 1 is 1.00 bits per heavy atom. The maximum Gasteiger partial charge on any atom is 0.335 e. The molecule has 0 fully saturated rings. The summed E-state index contributed by atoms with van der Waals surface area (Å²) in [5, 5.41) is 13.3. The van der Waals surface area contributed by atoms with Gasteiger partial charge >= 0.3 is 5.97 Å². The van der Waals surface area contributed by atoms with E-state index in [1.54, 1.807) is 35.1 Å². The first-order chi connectivity index (χ1) is 10.1. The molecule has 0 saturated carbocycles. The van der Waals surface area contributed by atoms with Gasteiger partial charge in [0, 0.05) is 11.8 Å². The molecule has 0 aliphatic rings. The van der Waals surface area contributed by atoms with Gasteiger partial charge in [0.1, 0.15) is 0 Å². The Bertz CT molecular complexity index is 771. The quantitative estimate of drug-likeness (QED) is 0.797. The molecule has 3 aromatic rings. The van der Waals surface area contributed by atoms with Crippen LogP contribution in [0.3, 0.4) is 0 Å². The average molecular weight is 278 g/mol. The van der Waals surface area contributed by atoms with Crippen LogP contribution < -0.4 is 0 Å². The van der Waals surface area contributed by atoms with E-state index in [9.17, 15) is 4.79 Å². The third-order valence-electron chi connectivity index (χ3n) is 3.35. The van der Waals surface area contributed by atoms with Gasteiger partial charge in [0.25, 0.3) is 0 Å². The molecule has 4 nitrogen and oxygen atoms in total. The molecule has 0 unspecified atom stereocenters. The smallest absolute Gasteiger partial charge is 0.335 e. The lowest BCUT2D eigenvalue weighted by Gasteiger charge is -2.01. The number of hydrogen-bond acceptors (Lipinski definition) is 2. The van der Waals surface area contributed by atoms with E-state index in [2.05, 4.69) is 5.10 Å². The molecule has 1 N–H and O–H groups in total. The normalized spacial score (nSPS) is 10.5. The van der Waals surface area contributed by atoms with Crippen molar-refractivity contribution in [2.24, 2.45) is 0 Å². The minimum Gasteiger partial charge on any atom is -0.478 e. The fraction of sp³-hybridized carbons (Fsp3) is 0.0588. The molecular weight excluding hydrogens is 264 g/mol. The number of benzene rings is 2. The number of carboxylic acid groups (broad SMARTS) is 1. The van der Waals surface area contributed by atoms with Crippen molar-refractivity contribution in [2.75, 3.05) is 0 Å². The van der Waals surface area contributed by atoms with Gasteiger partial charge in [0.15, 0.2) is 0 Å². The number of nitrogens with zero attached hydrogens (tertiary/aromatic N) is 2. The van der Waals surface area contributed by atoms with E-state index in [0.29, 0.717) is 0 Å². The van der Waals surface area contributed by atoms with Crippen LogP contribution in [0.1, 0.15) is 15.9 Å². The van der Waals surface area contributed by atoms with Crippen LogP contribution >= 0.6 is 0 Å². The molecule has 0 atom stereocenters. The van der Waals surface area contributed by atoms with E-state index in [4.69, 9.17) is 5.11 Å². The summed E-state index contributed by atoms with van der Waals surface area (Å²) in [5.41, 5.74) is 4.37. The van der Waals surface area contributed by atoms with Crippen molar-refractivity contribution in [1.82, 2.24) is 9.78 Å². The highest BCUT2D eigenvalue weighted by molar-refractivity contribution is 5.88. The fourth-order valence-electron chi connectivity index (χ4n) is 2.12. The van der Waals surface area contributed by atoms with Gasteiger partial charge in [-0.3, -0.25) is 0 Å². The van der Waals surface area contributed by atoms with Crippen LogP contribution in [-0.4, -0.2) is 20.9 Å². The molecule has 1 aromatic heterocycles. The molecule has 0 aliphatic heterocycles. The lowest BCUT2D eigenvalue weighted by molar-refractivity contribution is 0.0697. The van der Waals surface area contributed by atoms with Gasteiger partial charge in [0.2, 0.25) is 0 Å². The van der Waals surface area contributed by atoms with Crippen LogP contribution in [0.5, 0.6) is 0 Å². The topological polar surface area (TPSA) is 55.1 Å². The van der Waals surface area contributed by atoms with E-state index >= 15 is 0 Å². The van der Waals surface area contributed by atoms with Gasteiger partial charge in [-0.2, -0.15) is 5.10 Å². The van der Waals surface area contributed by atoms with Gasteiger partial charge in [-0.05, 0) is 36.8 Å². The molecule has 0 bridgehead atoms. The Hall–Kier alpha value is -2.88. The van der Waals surface area contributed by atoms with Crippen LogP contribution in [0.4, 0.5) is 0 Å². The Morgan fingerprint density at radius 3 is 2.29 bits per heavy atom. The lowest BCUT2D eigenvalue weighted by Crippen LogP contribution is -1.95. The van der Waals surface area contributed by atoms with Crippen molar-refractivity contribution < 1.29 is 9.90 Å². The first-order valence-electron chi connectivity index (χ1n) is 6.59. The number of aromatic nitrogens is 2. The molecule has 21 heavy (non-hydrogen) atoms. The molecule has 104 valence electrons. The zero-order valence-corrected chi connectivity index (χ0v) is 11.5. The standard InChI is InChI=1S/C17H14N2O2/c1-12-2-8-16(9-3-12)19-11-15(10-18-19)13-4-6-14(7-5-13)17(20)21/h2-11H,1H3,(H,20,21). The number of rotatable bonds is 3. The van der Waals surface area contributed by atoms with Crippen LogP contribution in [-0.2, 0) is 0 Å². The predicted octanol–water partition coefficient (Wildman–Crippen LogP) is 3.55. The lowest BCUT2D eigenvalue weighted by atomic mass is 10.1. The Balaban J connectivity index is 1.90. The Labute approximate surface area is 122 Å². The second-order valence-electron chi connectivity index (χ2n) is 4.89. The predicted molar refractivity (Wildman–Crippen MR) is 80.7 cm³/mol. The van der Waals surface area contributed by atoms with Crippen molar-refractivity contribution in [2.45, 2.75) is 6.92 Å². The molecule has 2 aromatic carbocycles. The van der Waals surface area contributed by atoms with Crippen LogP contribution in [0, 0.1) is 6.92 Å². The highest BCUT2D eigenvalue weighted by Gasteiger charge is 2.06. The average Bonchev–Trinajstić information content (AvgIpc) is 2.98. The van der Waals surface area contributed by atoms with Crippen molar-refractivity contribution in [1.29, 1.82) is 0 Å². The molecule has 0 spiro atoms. The molecule has 0 saturated heterocycles. The highest BCUT2D eigenvalue weighted by Crippen LogP contribution is 2.21. The van der Waals surface area contributed by atoms with Crippen molar-refractivity contribution in [3.8, 4) is 16.8 Å². The minimum absolute atomic E-state index is 0.282. The van der Waals surface area contributed by atoms with Crippen molar-refractivity contribution in [3.63, 3.8) is 0 Å². The van der Waals surface area contributed by atoms with Gasteiger partial charge < -0.3 is 5.11 Å². The van der Waals surface area contributed by atoms with Crippen LogP contribution in [0.25, 0.3) is 16.8 Å². The summed E-state index contributed by atoms with van der Waals surface area (Å²) in [6, 6.07) is 14.9. The maximum absolute atomic E-state index is 10.8. The Morgan fingerprint density at radius 2 is 1.67 bits per heavy atom. The van der Waals surface area contributed by atoms with Crippen LogP contribution in [0.15, 0.2) is 60.9 Å². The third kappa shape index (κ3) is 2.69. The summed E-state index contributed by atoms with van der Waals surface area (Å²) in [6.07, 6.45) is 3.70. The SMILES string of the molecule is Cc1ccc(-n2cc(-c3ccc(C(=O)O)cc3)cn2)cc1. The summed E-state index contributed by atoms with van der Waals surface area (Å²) in [4.78, 5) is 10.8. The highest BCUT2D eigenvalue weighted by atomic mass is 16.4. The van der Waals surface area contributed by atoms with Crippen LogP contribution in [0.2, 0.25) is 0 Å². The van der Waals surface area contributed by atoms with Gasteiger partial charge in [-0.1, -0.05) is 29.8 Å². The molecule has 4 heteroatoms. The van der Waals surface area contributed by atoms with E-state index in [1.165, 1.54) is 5.56 Å². The van der Waals surface area contributed by atoms with Crippen molar-refractivity contribution in [3.05, 3.63) is 72.1 Å². The van der Waals surface area contributed by atoms with Crippen molar-refractivity contribution >= 4 is 5.97 Å². The van der Waals surface area contributed by atoms with E-state index in [-0.39, 0.29) is 5.56 Å². The van der Waals surface area contributed by atoms with Gasteiger partial charge in [-0.25, -0.2) is 9.48 Å². The Kier molecular flexibility index (Phi) is 3.28. The summed E-state index contributed by atoms with van der Waals surface area (Å²) in [6.45, 7) is 2.04. The number of aromatic carboxylic acids is 1. The fourth-order valence-corrected chi connectivity index (χ4v) is 2.12. The third-order valence-corrected chi connectivity index (χ3v) is 3.35. The number of carbonyl (C=O) groups is 1. The minimum atomic E-state index is -0.920. The zero-order chi connectivity index (χ0) is 14.8. The summed E-state index contributed by atoms with van der Waals surface area (Å²) in [5.74, 6) is -0.920. The van der Waals surface area contributed by atoms with E-state index < -0.39 is 5.97 Å². The first kappa shape index (κ1) is 13.1. The first-order valence-corrected chi connectivity index (χ1v) is 6.59. The maximum atomic E-state index is 10.8. The monoisotopic (exact) mass is 278 g/mol. The summed E-state index contributed by atoms with van der Waals surface area (Å²) in [7, 11) is 0. The molecule has 0 amide bonds. The largest absolute Gasteiger partial charge is 0.478 e. The second-order valence-corrected chi connectivity index (χ2v) is 4.89. The van der Waals surface area contributed by atoms with Gasteiger partial charge in [0.05, 0.1) is 17.4 Å². The number of hydrogen-bond donors (Lipinski definition) is 1. The molecule has 0 aliphatic carbocycles. The molecule has 3 rings (SSSR count). The zero-order valence-electron chi connectivity index (χ0n) is 11.5. The number of carboxylic acids is 1.